The van der Waals surface area contributed by atoms with Crippen molar-refractivity contribution < 1.29 is 0 Å². The van der Waals surface area contributed by atoms with Crippen LogP contribution in [0.15, 0.2) is 176 Å². The van der Waals surface area contributed by atoms with Gasteiger partial charge in [-0.15, -0.1) is 22.7 Å². The number of aromatic nitrogens is 5. The van der Waals surface area contributed by atoms with Gasteiger partial charge in [-0.1, -0.05) is 158 Å². The van der Waals surface area contributed by atoms with Crippen molar-refractivity contribution in [1.29, 1.82) is 0 Å². The van der Waals surface area contributed by atoms with Crippen LogP contribution in [-0.4, -0.2) is 24.9 Å². The zero-order valence-corrected chi connectivity index (χ0v) is 31.4. The van der Waals surface area contributed by atoms with Gasteiger partial charge in [-0.3, -0.25) is 0 Å². The zero-order chi connectivity index (χ0) is 37.0. The van der Waals surface area contributed by atoms with E-state index in [9.17, 15) is 0 Å². The second-order valence-electron chi connectivity index (χ2n) is 13.6. The highest BCUT2D eigenvalue weighted by atomic mass is 32.1. The fourth-order valence-corrected chi connectivity index (χ4v) is 9.81. The van der Waals surface area contributed by atoms with Crippen LogP contribution in [0.25, 0.3) is 108 Å². The summed E-state index contributed by atoms with van der Waals surface area (Å²) in [6.07, 6.45) is 0. The van der Waals surface area contributed by atoms with E-state index in [0.29, 0.717) is 17.5 Å². The fourth-order valence-electron chi connectivity index (χ4n) is 7.41. The molecule has 0 aliphatic rings. The molecule has 5 nitrogen and oxygen atoms in total. The van der Waals surface area contributed by atoms with Gasteiger partial charge in [0, 0.05) is 58.1 Å². The molecule has 0 saturated heterocycles. The van der Waals surface area contributed by atoms with Crippen molar-refractivity contribution in [2.45, 2.75) is 0 Å². The molecule has 7 aromatic carbocycles. The highest BCUT2D eigenvalue weighted by molar-refractivity contribution is 7.26. The summed E-state index contributed by atoms with van der Waals surface area (Å²) >= 11 is 3.54. The van der Waals surface area contributed by atoms with Crippen LogP contribution < -0.4 is 0 Å². The number of hydrogen-bond donors (Lipinski definition) is 0. The molecule has 4 heterocycles. The van der Waals surface area contributed by atoms with Crippen molar-refractivity contribution in [3.63, 3.8) is 0 Å². The zero-order valence-electron chi connectivity index (χ0n) is 29.8. The molecule has 0 fully saturated rings. The lowest BCUT2D eigenvalue weighted by atomic mass is 10.0. The third-order valence-electron chi connectivity index (χ3n) is 10.2. The van der Waals surface area contributed by atoms with Gasteiger partial charge in [0.2, 0.25) is 0 Å². The Hall–Kier alpha value is -6.93. The lowest BCUT2D eigenvalue weighted by Crippen LogP contribution is -2.00. The molecule has 7 heteroatoms. The minimum Gasteiger partial charge on any atom is -0.226 e. The van der Waals surface area contributed by atoms with Gasteiger partial charge in [-0.2, -0.15) is 0 Å². The van der Waals surface area contributed by atoms with E-state index >= 15 is 0 Å². The maximum Gasteiger partial charge on any atom is 0.165 e. The molecule has 0 aliphatic heterocycles. The maximum atomic E-state index is 5.17. The standard InChI is InChI=1S/C49H29N5S2/c1-4-13-32(14-5-1)46-50-42(45-43(51-46)38-19-10-11-22-40(38)55-45)31-25-23-30(24-26-31)35-27-28-36-37-20-12-21-39(44(37)56-41(36)29-35)49-53-47(33-15-6-2-7-16-33)52-48(54-49)34-17-8-3-9-18-34/h1-29H. The SMILES string of the molecule is c1ccc(-c2nc(-c3ccccc3)nc(-c3cccc4c3sc3cc(-c5ccc(-c6nc(-c7ccccc7)nc7c6sc6ccccc67)cc5)ccc34)n2)cc1. The fraction of sp³-hybridized carbons (Fsp3) is 0. The molecule has 0 amide bonds. The molecular weight excluding hydrogens is 723 g/mol. The normalized spacial score (nSPS) is 11.6. The molecule has 0 spiro atoms. The Morgan fingerprint density at radius 1 is 0.304 bits per heavy atom. The summed E-state index contributed by atoms with van der Waals surface area (Å²) in [6.45, 7) is 0. The average molecular weight is 752 g/mol. The summed E-state index contributed by atoms with van der Waals surface area (Å²) in [6, 6.07) is 61.0. The Labute approximate surface area is 330 Å². The molecule has 0 N–H and O–H groups in total. The lowest BCUT2D eigenvalue weighted by Gasteiger charge is -2.09. The maximum absolute atomic E-state index is 5.17. The highest BCUT2D eigenvalue weighted by Crippen LogP contribution is 2.43. The van der Waals surface area contributed by atoms with Crippen molar-refractivity contribution in [1.82, 2.24) is 24.9 Å². The molecule has 0 atom stereocenters. The van der Waals surface area contributed by atoms with E-state index in [0.717, 1.165) is 70.8 Å². The molecule has 11 aromatic rings. The Bertz CT molecular complexity index is 3170. The van der Waals surface area contributed by atoms with Crippen molar-refractivity contribution in [2.24, 2.45) is 0 Å². The quantitative estimate of drug-likeness (QED) is 0.169. The number of thiophene rings is 2. The van der Waals surface area contributed by atoms with Crippen molar-refractivity contribution in [3.05, 3.63) is 176 Å². The summed E-state index contributed by atoms with van der Waals surface area (Å²) in [5.41, 5.74) is 9.25. The minimum atomic E-state index is 0.657. The first-order chi connectivity index (χ1) is 27.7. The van der Waals surface area contributed by atoms with Gasteiger partial charge in [0.05, 0.1) is 15.9 Å². The molecule has 0 aliphatic carbocycles. The van der Waals surface area contributed by atoms with Crippen LogP contribution >= 0.6 is 22.7 Å². The van der Waals surface area contributed by atoms with Crippen LogP contribution in [0.2, 0.25) is 0 Å². The van der Waals surface area contributed by atoms with E-state index in [-0.39, 0.29) is 0 Å². The number of fused-ring (bicyclic) bond motifs is 6. The first kappa shape index (κ1) is 32.5. The molecule has 4 aromatic heterocycles. The van der Waals surface area contributed by atoms with Crippen molar-refractivity contribution in [2.75, 3.05) is 0 Å². The third kappa shape index (κ3) is 5.64. The van der Waals surface area contributed by atoms with Crippen molar-refractivity contribution in [3.8, 4) is 67.9 Å². The van der Waals surface area contributed by atoms with Gasteiger partial charge in [-0.25, -0.2) is 24.9 Å². The summed E-state index contributed by atoms with van der Waals surface area (Å²) in [5, 5.41) is 3.57. The van der Waals surface area contributed by atoms with Crippen LogP contribution in [-0.2, 0) is 0 Å². The number of benzene rings is 7. The van der Waals surface area contributed by atoms with E-state index < -0.39 is 0 Å². The van der Waals surface area contributed by atoms with Crippen LogP contribution in [0.3, 0.4) is 0 Å². The summed E-state index contributed by atoms with van der Waals surface area (Å²) < 4.78 is 4.68. The molecule has 56 heavy (non-hydrogen) atoms. The number of nitrogens with zero attached hydrogens (tertiary/aromatic N) is 5. The first-order valence-electron chi connectivity index (χ1n) is 18.4. The Balaban J connectivity index is 0.996. The summed E-state index contributed by atoms with van der Waals surface area (Å²) in [4.78, 5) is 25.3. The van der Waals surface area contributed by atoms with E-state index in [1.54, 1.807) is 22.7 Å². The van der Waals surface area contributed by atoms with E-state index in [4.69, 9.17) is 24.9 Å². The average Bonchev–Trinajstić information content (AvgIpc) is 3.85. The highest BCUT2D eigenvalue weighted by Gasteiger charge is 2.19. The van der Waals surface area contributed by atoms with Gasteiger partial charge in [0.15, 0.2) is 23.3 Å². The number of rotatable bonds is 6. The summed E-state index contributed by atoms with van der Waals surface area (Å²) in [5.74, 6) is 2.72. The Morgan fingerprint density at radius 2 is 0.839 bits per heavy atom. The largest absolute Gasteiger partial charge is 0.226 e. The molecule has 11 rings (SSSR count). The first-order valence-corrected chi connectivity index (χ1v) is 20.0. The van der Waals surface area contributed by atoms with Gasteiger partial charge in [-0.05, 0) is 29.3 Å². The molecule has 0 unspecified atom stereocenters. The third-order valence-corrected chi connectivity index (χ3v) is 12.6. The van der Waals surface area contributed by atoms with Crippen LogP contribution in [0.4, 0.5) is 0 Å². The van der Waals surface area contributed by atoms with E-state index in [2.05, 4.69) is 97.1 Å². The molecule has 0 saturated carbocycles. The molecule has 0 radical (unpaired) electrons. The van der Waals surface area contributed by atoms with Gasteiger partial charge < -0.3 is 0 Å². The van der Waals surface area contributed by atoms with Crippen LogP contribution in [0.1, 0.15) is 0 Å². The second-order valence-corrected chi connectivity index (χ2v) is 15.8. The van der Waals surface area contributed by atoms with Gasteiger partial charge in [0.25, 0.3) is 0 Å². The second kappa shape index (κ2) is 13.4. The van der Waals surface area contributed by atoms with Gasteiger partial charge >= 0.3 is 0 Å². The monoisotopic (exact) mass is 751 g/mol. The minimum absolute atomic E-state index is 0.657. The molecule has 262 valence electrons. The molecule has 0 bridgehead atoms. The predicted octanol–water partition coefficient (Wildman–Crippen LogP) is 13.4. The number of hydrogen-bond acceptors (Lipinski definition) is 7. The topological polar surface area (TPSA) is 64.5 Å². The Morgan fingerprint density at radius 3 is 1.52 bits per heavy atom. The summed E-state index contributed by atoms with van der Waals surface area (Å²) in [7, 11) is 0. The molecular formula is C49H29N5S2. The van der Waals surface area contributed by atoms with E-state index in [1.807, 2.05) is 78.9 Å². The van der Waals surface area contributed by atoms with Crippen molar-refractivity contribution >= 4 is 63.1 Å². The predicted molar refractivity (Wildman–Crippen MR) is 234 cm³/mol. The van der Waals surface area contributed by atoms with Crippen LogP contribution in [0, 0.1) is 0 Å². The van der Waals surface area contributed by atoms with Gasteiger partial charge in [0.1, 0.15) is 0 Å². The van der Waals surface area contributed by atoms with E-state index in [1.165, 1.54) is 20.2 Å². The van der Waals surface area contributed by atoms with Crippen LogP contribution in [0.5, 0.6) is 0 Å². The smallest absolute Gasteiger partial charge is 0.165 e. The lowest BCUT2D eigenvalue weighted by molar-refractivity contribution is 1.08. The Kier molecular flexibility index (Phi) is 7.79.